The normalized spacial score (nSPS) is 13.9. The Morgan fingerprint density at radius 1 is 1.43 bits per heavy atom. The van der Waals surface area contributed by atoms with E-state index in [4.69, 9.17) is 0 Å². The average Bonchev–Trinajstić information content (AvgIpc) is 2.34. The fourth-order valence-corrected chi connectivity index (χ4v) is 2.41. The third-order valence-electron chi connectivity index (χ3n) is 2.84. The number of anilines is 1. The van der Waals surface area contributed by atoms with Crippen LogP contribution in [0.5, 0.6) is 0 Å². The van der Waals surface area contributed by atoms with Crippen LogP contribution in [0, 0.1) is 5.82 Å². The van der Waals surface area contributed by atoms with Crippen molar-refractivity contribution in [2.45, 2.75) is 37.8 Å². The second kappa shape index (κ2) is 7.51. The average molecular weight is 316 g/mol. The first kappa shape index (κ1) is 17.6. The van der Waals surface area contributed by atoms with Crippen LogP contribution < -0.4 is 5.32 Å². The zero-order valence-corrected chi connectivity index (χ0v) is 13.4. The summed E-state index contributed by atoms with van der Waals surface area (Å²) in [6.07, 6.45) is 0.736. The Morgan fingerprint density at radius 2 is 2.05 bits per heavy atom. The minimum atomic E-state index is -1.42. The third kappa shape index (κ3) is 5.09. The standard InChI is InChI=1S/C14H21FN2O3S/c1-9(2)17(8-10(3)18)14(19)16-11-5-6-13(21(4)20)12(15)7-11/h5-7,9-10,18H,8H2,1-4H3,(H,16,19). The number of nitrogens with zero attached hydrogens (tertiary/aromatic N) is 1. The second-order valence-electron chi connectivity index (χ2n) is 5.12. The summed E-state index contributed by atoms with van der Waals surface area (Å²) in [6, 6.07) is 3.49. The predicted octanol–water partition coefficient (Wildman–Crippen LogP) is 2.19. The van der Waals surface area contributed by atoms with E-state index in [9.17, 15) is 18.5 Å². The number of amides is 2. The van der Waals surface area contributed by atoms with Gasteiger partial charge in [-0.05, 0) is 39.0 Å². The van der Waals surface area contributed by atoms with Crippen molar-refractivity contribution in [3.8, 4) is 0 Å². The van der Waals surface area contributed by atoms with Crippen molar-refractivity contribution in [2.24, 2.45) is 0 Å². The maximum absolute atomic E-state index is 13.7. The third-order valence-corrected chi connectivity index (χ3v) is 3.79. The Morgan fingerprint density at radius 3 is 2.48 bits per heavy atom. The van der Waals surface area contributed by atoms with Gasteiger partial charge >= 0.3 is 6.03 Å². The van der Waals surface area contributed by atoms with E-state index >= 15 is 0 Å². The molecular weight excluding hydrogens is 295 g/mol. The molecule has 1 aromatic rings. The lowest BCUT2D eigenvalue weighted by atomic mass is 10.2. The van der Waals surface area contributed by atoms with Crippen LogP contribution in [0.4, 0.5) is 14.9 Å². The van der Waals surface area contributed by atoms with Gasteiger partial charge in [-0.2, -0.15) is 0 Å². The molecule has 0 aliphatic heterocycles. The number of hydrogen-bond acceptors (Lipinski definition) is 3. The van der Waals surface area contributed by atoms with Gasteiger partial charge in [0.15, 0.2) is 0 Å². The number of carbonyl (C=O) groups is 1. The summed E-state index contributed by atoms with van der Waals surface area (Å²) in [4.78, 5) is 13.7. The van der Waals surface area contributed by atoms with Crippen molar-refractivity contribution < 1.29 is 18.5 Å². The molecule has 0 radical (unpaired) electrons. The van der Waals surface area contributed by atoms with Crippen LogP contribution >= 0.6 is 0 Å². The van der Waals surface area contributed by atoms with Gasteiger partial charge in [0.2, 0.25) is 0 Å². The number of carbonyl (C=O) groups excluding carboxylic acids is 1. The maximum atomic E-state index is 13.7. The minimum Gasteiger partial charge on any atom is -0.392 e. The SMILES string of the molecule is CC(O)CN(C(=O)Nc1ccc(S(C)=O)c(F)c1)C(C)C. The molecule has 2 amide bonds. The van der Waals surface area contributed by atoms with Gasteiger partial charge in [0.05, 0.1) is 21.8 Å². The van der Waals surface area contributed by atoms with E-state index in [-0.39, 0.29) is 23.2 Å². The first-order valence-corrected chi connectivity index (χ1v) is 8.16. The molecule has 1 aromatic carbocycles. The van der Waals surface area contributed by atoms with Gasteiger partial charge in [0.25, 0.3) is 0 Å². The van der Waals surface area contributed by atoms with Crippen molar-refractivity contribution in [1.29, 1.82) is 0 Å². The molecule has 0 aromatic heterocycles. The zero-order chi connectivity index (χ0) is 16.2. The van der Waals surface area contributed by atoms with Gasteiger partial charge in [-0.25, -0.2) is 9.18 Å². The highest BCUT2D eigenvalue weighted by molar-refractivity contribution is 7.84. The molecule has 1 rings (SSSR count). The van der Waals surface area contributed by atoms with Crippen LogP contribution in [0.3, 0.4) is 0 Å². The molecule has 0 fully saturated rings. The van der Waals surface area contributed by atoms with E-state index < -0.39 is 28.8 Å². The second-order valence-corrected chi connectivity index (χ2v) is 6.47. The van der Waals surface area contributed by atoms with Crippen molar-refractivity contribution in [1.82, 2.24) is 4.90 Å². The number of benzene rings is 1. The molecule has 21 heavy (non-hydrogen) atoms. The van der Waals surface area contributed by atoms with Crippen molar-refractivity contribution in [3.05, 3.63) is 24.0 Å². The Labute approximate surface area is 126 Å². The van der Waals surface area contributed by atoms with Crippen molar-refractivity contribution in [2.75, 3.05) is 18.1 Å². The van der Waals surface area contributed by atoms with Gasteiger partial charge in [0, 0.05) is 24.5 Å². The summed E-state index contributed by atoms with van der Waals surface area (Å²) in [7, 11) is -1.42. The zero-order valence-electron chi connectivity index (χ0n) is 12.6. The molecule has 0 saturated heterocycles. The minimum absolute atomic E-state index is 0.0951. The van der Waals surface area contributed by atoms with Crippen LogP contribution in [0.25, 0.3) is 0 Å². The lowest BCUT2D eigenvalue weighted by Gasteiger charge is -2.28. The summed E-state index contributed by atoms with van der Waals surface area (Å²) in [5.41, 5.74) is 0.281. The lowest BCUT2D eigenvalue weighted by Crippen LogP contribution is -2.43. The largest absolute Gasteiger partial charge is 0.392 e. The van der Waals surface area contributed by atoms with Gasteiger partial charge in [-0.1, -0.05) is 0 Å². The lowest BCUT2D eigenvalue weighted by molar-refractivity contribution is 0.125. The van der Waals surface area contributed by atoms with E-state index in [1.165, 1.54) is 23.3 Å². The molecule has 2 atom stereocenters. The highest BCUT2D eigenvalue weighted by Crippen LogP contribution is 2.17. The molecule has 5 nitrogen and oxygen atoms in total. The number of urea groups is 1. The van der Waals surface area contributed by atoms with E-state index in [0.29, 0.717) is 0 Å². The van der Waals surface area contributed by atoms with Crippen LogP contribution in [-0.2, 0) is 10.8 Å². The Kier molecular flexibility index (Phi) is 6.29. The van der Waals surface area contributed by atoms with Crippen molar-refractivity contribution in [3.63, 3.8) is 0 Å². The quantitative estimate of drug-likeness (QED) is 0.875. The molecule has 0 aliphatic carbocycles. The molecule has 7 heteroatoms. The van der Waals surface area contributed by atoms with Gasteiger partial charge in [-0.15, -0.1) is 0 Å². The Balaban J connectivity index is 2.86. The fraction of sp³-hybridized carbons (Fsp3) is 0.500. The van der Waals surface area contributed by atoms with Crippen LogP contribution in [0.2, 0.25) is 0 Å². The molecule has 2 N–H and O–H groups in total. The summed E-state index contributed by atoms with van der Waals surface area (Å²) in [5, 5.41) is 12.0. The molecule has 0 saturated carbocycles. The smallest absolute Gasteiger partial charge is 0.322 e. The van der Waals surface area contributed by atoms with Crippen LogP contribution in [0.1, 0.15) is 20.8 Å². The Bertz CT molecular complexity index is 535. The van der Waals surface area contributed by atoms with Gasteiger partial charge in [0.1, 0.15) is 5.82 Å². The maximum Gasteiger partial charge on any atom is 0.322 e. The summed E-state index contributed by atoms with van der Waals surface area (Å²) in [6.45, 7) is 5.43. The van der Waals surface area contributed by atoms with Crippen LogP contribution in [0.15, 0.2) is 23.1 Å². The molecule has 0 heterocycles. The summed E-state index contributed by atoms with van der Waals surface area (Å²) < 4.78 is 25.0. The summed E-state index contributed by atoms with van der Waals surface area (Å²) in [5.74, 6) is -0.625. The number of aliphatic hydroxyl groups excluding tert-OH is 1. The number of halogens is 1. The number of aliphatic hydroxyl groups is 1. The van der Waals surface area contributed by atoms with Gasteiger partial charge < -0.3 is 15.3 Å². The van der Waals surface area contributed by atoms with E-state index in [1.807, 2.05) is 13.8 Å². The van der Waals surface area contributed by atoms with Gasteiger partial charge in [-0.3, -0.25) is 4.21 Å². The molecular formula is C14H21FN2O3S. The molecule has 2 unspecified atom stereocenters. The number of rotatable bonds is 5. The first-order chi connectivity index (χ1) is 9.72. The molecule has 118 valence electrons. The van der Waals surface area contributed by atoms with E-state index in [0.717, 1.165) is 6.07 Å². The molecule has 0 aliphatic rings. The predicted molar refractivity (Wildman–Crippen MR) is 81.3 cm³/mol. The highest BCUT2D eigenvalue weighted by atomic mass is 32.2. The number of hydrogen-bond donors (Lipinski definition) is 2. The molecule has 0 bridgehead atoms. The van der Waals surface area contributed by atoms with Crippen molar-refractivity contribution >= 4 is 22.5 Å². The highest BCUT2D eigenvalue weighted by Gasteiger charge is 2.19. The Hall–Kier alpha value is -1.47. The van der Waals surface area contributed by atoms with E-state index in [1.54, 1.807) is 6.92 Å². The van der Waals surface area contributed by atoms with E-state index in [2.05, 4.69) is 5.32 Å². The fourth-order valence-electron chi connectivity index (χ4n) is 1.82. The number of nitrogens with one attached hydrogen (secondary N) is 1. The van der Waals surface area contributed by atoms with Crippen LogP contribution in [-0.4, -0.2) is 45.2 Å². The monoisotopic (exact) mass is 316 g/mol. The first-order valence-electron chi connectivity index (χ1n) is 6.61. The molecule has 0 spiro atoms. The summed E-state index contributed by atoms with van der Waals surface area (Å²) >= 11 is 0. The topological polar surface area (TPSA) is 69.6 Å².